The zero-order valence-corrected chi connectivity index (χ0v) is 11.5. The van der Waals surface area contributed by atoms with E-state index in [4.69, 9.17) is 0 Å². The van der Waals surface area contributed by atoms with Gasteiger partial charge in [-0.25, -0.2) is 4.98 Å². The van der Waals surface area contributed by atoms with Crippen LogP contribution in [0.15, 0.2) is 36.5 Å². The lowest BCUT2D eigenvalue weighted by molar-refractivity contribution is 0.634. The summed E-state index contributed by atoms with van der Waals surface area (Å²) in [5, 5.41) is 6.00. The molecule has 3 rings (SSSR count). The van der Waals surface area contributed by atoms with Crippen LogP contribution in [0.5, 0.6) is 0 Å². The van der Waals surface area contributed by atoms with Crippen molar-refractivity contribution in [3.8, 4) is 0 Å². The highest BCUT2D eigenvalue weighted by Gasteiger charge is 2.29. The van der Waals surface area contributed by atoms with Crippen molar-refractivity contribution < 1.29 is 0 Å². The Morgan fingerprint density at radius 2 is 2.22 bits per heavy atom. The van der Waals surface area contributed by atoms with E-state index in [0.717, 1.165) is 12.4 Å². The zero-order valence-electron chi connectivity index (χ0n) is 10.6. The van der Waals surface area contributed by atoms with Crippen LogP contribution in [0.1, 0.15) is 19.8 Å². The molecule has 0 aliphatic carbocycles. The summed E-state index contributed by atoms with van der Waals surface area (Å²) in [6.07, 6.45) is 4.52. The van der Waals surface area contributed by atoms with E-state index in [1.165, 1.54) is 29.4 Å². The van der Waals surface area contributed by atoms with Gasteiger partial charge in [-0.1, -0.05) is 24.3 Å². The van der Waals surface area contributed by atoms with Gasteiger partial charge in [0.1, 0.15) is 5.82 Å². The van der Waals surface area contributed by atoms with Crippen molar-refractivity contribution in [2.45, 2.75) is 24.5 Å². The maximum absolute atomic E-state index is 4.48. The number of pyridine rings is 1. The van der Waals surface area contributed by atoms with E-state index >= 15 is 0 Å². The number of nitrogens with one attached hydrogen (secondary N) is 1. The first-order chi connectivity index (χ1) is 8.77. The van der Waals surface area contributed by atoms with Gasteiger partial charge in [0.15, 0.2) is 0 Å². The van der Waals surface area contributed by atoms with Crippen LogP contribution in [0.4, 0.5) is 5.82 Å². The van der Waals surface area contributed by atoms with Crippen LogP contribution in [0.2, 0.25) is 0 Å². The highest BCUT2D eigenvalue weighted by Crippen LogP contribution is 2.37. The molecule has 1 aliphatic rings. The Balaban J connectivity index is 1.82. The quantitative estimate of drug-likeness (QED) is 0.903. The Hall–Kier alpha value is -1.22. The maximum Gasteiger partial charge on any atom is 0.133 e. The molecule has 0 amide bonds. The molecule has 1 aromatic carbocycles. The van der Waals surface area contributed by atoms with Gasteiger partial charge in [-0.15, -0.1) is 0 Å². The Labute approximate surface area is 112 Å². The summed E-state index contributed by atoms with van der Waals surface area (Å²) in [6, 6.07) is 10.5. The van der Waals surface area contributed by atoms with E-state index in [9.17, 15) is 0 Å². The molecule has 94 valence electrons. The van der Waals surface area contributed by atoms with Crippen LogP contribution in [0.25, 0.3) is 10.8 Å². The highest BCUT2D eigenvalue weighted by molar-refractivity contribution is 8.00. The standard InChI is InChI=1S/C15H18N2S/c1-15(8-4-10-18-15)11-17-14-13-6-3-2-5-12(13)7-9-16-14/h2-3,5-7,9H,4,8,10-11H2,1H3,(H,16,17). The van der Waals surface area contributed by atoms with E-state index in [1.807, 2.05) is 6.20 Å². The first-order valence-corrected chi connectivity index (χ1v) is 7.47. The van der Waals surface area contributed by atoms with Crippen LogP contribution >= 0.6 is 11.8 Å². The minimum Gasteiger partial charge on any atom is -0.368 e. The lowest BCUT2D eigenvalue weighted by Gasteiger charge is -2.23. The first kappa shape index (κ1) is 11.8. The summed E-state index contributed by atoms with van der Waals surface area (Å²) >= 11 is 2.08. The van der Waals surface area contributed by atoms with Crippen LogP contribution < -0.4 is 5.32 Å². The van der Waals surface area contributed by atoms with Crippen LogP contribution in [-0.4, -0.2) is 22.0 Å². The molecule has 1 saturated heterocycles. The Morgan fingerprint density at radius 3 is 3.06 bits per heavy atom. The molecule has 0 radical (unpaired) electrons. The average Bonchev–Trinajstić information content (AvgIpc) is 2.84. The molecule has 18 heavy (non-hydrogen) atoms. The third-order valence-corrected chi connectivity index (χ3v) is 5.14. The zero-order chi connectivity index (χ0) is 12.4. The van der Waals surface area contributed by atoms with Crippen LogP contribution in [0.3, 0.4) is 0 Å². The number of aromatic nitrogens is 1. The van der Waals surface area contributed by atoms with Crippen molar-refractivity contribution in [2.24, 2.45) is 0 Å². The van der Waals surface area contributed by atoms with E-state index in [-0.39, 0.29) is 0 Å². The van der Waals surface area contributed by atoms with Gasteiger partial charge in [-0.05, 0) is 37.0 Å². The topological polar surface area (TPSA) is 24.9 Å². The highest BCUT2D eigenvalue weighted by atomic mass is 32.2. The maximum atomic E-state index is 4.48. The molecule has 0 saturated carbocycles. The van der Waals surface area contributed by atoms with Gasteiger partial charge in [-0.3, -0.25) is 0 Å². The van der Waals surface area contributed by atoms with Crippen molar-refractivity contribution in [1.29, 1.82) is 0 Å². The minimum atomic E-state index is 0.374. The van der Waals surface area contributed by atoms with E-state index in [1.54, 1.807) is 0 Å². The summed E-state index contributed by atoms with van der Waals surface area (Å²) in [4.78, 5) is 4.48. The second-order valence-electron chi connectivity index (χ2n) is 5.14. The smallest absolute Gasteiger partial charge is 0.133 e. The molecule has 0 spiro atoms. The molecule has 1 aliphatic heterocycles. The van der Waals surface area contributed by atoms with Crippen molar-refractivity contribution in [3.05, 3.63) is 36.5 Å². The van der Waals surface area contributed by atoms with Gasteiger partial charge in [0, 0.05) is 22.9 Å². The number of benzene rings is 1. The summed E-state index contributed by atoms with van der Waals surface area (Å²) in [7, 11) is 0. The number of thioether (sulfide) groups is 1. The lowest BCUT2D eigenvalue weighted by Crippen LogP contribution is -2.27. The van der Waals surface area contributed by atoms with E-state index in [2.05, 4.69) is 59.3 Å². The fourth-order valence-corrected chi connectivity index (χ4v) is 3.75. The molecule has 1 N–H and O–H groups in total. The monoisotopic (exact) mass is 258 g/mol. The number of rotatable bonds is 3. The molecular weight excluding hydrogens is 240 g/mol. The number of hydrogen-bond donors (Lipinski definition) is 1. The molecule has 3 heteroatoms. The predicted octanol–water partition coefficient (Wildman–Crippen LogP) is 3.93. The third kappa shape index (κ3) is 2.32. The Bertz CT molecular complexity index is 542. The van der Waals surface area contributed by atoms with Gasteiger partial charge in [0.25, 0.3) is 0 Å². The summed E-state index contributed by atoms with van der Waals surface area (Å²) in [5.41, 5.74) is 0. The van der Waals surface area contributed by atoms with E-state index < -0.39 is 0 Å². The SMILES string of the molecule is CC1(CNc2nccc3ccccc23)CCCS1. The minimum absolute atomic E-state index is 0.374. The third-order valence-electron chi connectivity index (χ3n) is 3.60. The van der Waals surface area contributed by atoms with Crippen molar-refractivity contribution in [1.82, 2.24) is 4.98 Å². The van der Waals surface area contributed by atoms with Crippen molar-refractivity contribution >= 4 is 28.4 Å². The number of anilines is 1. The Morgan fingerprint density at radius 1 is 1.33 bits per heavy atom. The molecule has 2 aromatic rings. The molecule has 1 atom stereocenters. The second-order valence-corrected chi connectivity index (χ2v) is 6.82. The summed E-state index contributed by atoms with van der Waals surface area (Å²) in [6.45, 7) is 3.35. The molecular formula is C15H18N2S. The number of fused-ring (bicyclic) bond motifs is 1. The largest absolute Gasteiger partial charge is 0.368 e. The van der Waals surface area contributed by atoms with E-state index in [0.29, 0.717) is 4.75 Å². The van der Waals surface area contributed by atoms with Gasteiger partial charge in [-0.2, -0.15) is 11.8 Å². The average molecular weight is 258 g/mol. The lowest BCUT2D eigenvalue weighted by atomic mass is 10.1. The van der Waals surface area contributed by atoms with Crippen molar-refractivity contribution in [2.75, 3.05) is 17.6 Å². The van der Waals surface area contributed by atoms with Gasteiger partial charge >= 0.3 is 0 Å². The fraction of sp³-hybridized carbons (Fsp3) is 0.400. The normalized spacial score (nSPS) is 23.4. The summed E-state index contributed by atoms with van der Waals surface area (Å²) in [5.74, 6) is 2.31. The Kier molecular flexibility index (Phi) is 3.16. The predicted molar refractivity (Wildman–Crippen MR) is 80.3 cm³/mol. The molecule has 0 bridgehead atoms. The molecule has 2 nitrogen and oxygen atoms in total. The first-order valence-electron chi connectivity index (χ1n) is 6.48. The molecule has 1 fully saturated rings. The summed E-state index contributed by atoms with van der Waals surface area (Å²) < 4.78 is 0.374. The van der Waals surface area contributed by atoms with Gasteiger partial charge in [0.05, 0.1) is 0 Å². The van der Waals surface area contributed by atoms with Crippen LogP contribution in [-0.2, 0) is 0 Å². The van der Waals surface area contributed by atoms with Gasteiger partial charge in [0.2, 0.25) is 0 Å². The molecule has 1 aromatic heterocycles. The fourth-order valence-electron chi connectivity index (χ4n) is 2.51. The number of hydrogen-bond acceptors (Lipinski definition) is 3. The molecule has 1 unspecified atom stereocenters. The second kappa shape index (κ2) is 4.81. The van der Waals surface area contributed by atoms with Gasteiger partial charge < -0.3 is 5.32 Å². The van der Waals surface area contributed by atoms with Crippen LogP contribution in [0, 0.1) is 0 Å². The van der Waals surface area contributed by atoms with Crippen molar-refractivity contribution in [3.63, 3.8) is 0 Å². The number of nitrogens with zero attached hydrogens (tertiary/aromatic N) is 1. The molecule has 2 heterocycles.